The number of carbonyl (C=O) groups excluding carboxylic acids is 1. The van der Waals surface area contributed by atoms with Crippen molar-refractivity contribution in [1.29, 1.82) is 0 Å². The zero-order valence-electron chi connectivity index (χ0n) is 21.0. The van der Waals surface area contributed by atoms with E-state index >= 15 is 0 Å². The summed E-state index contributed by atoms with van der Waals surface area (Å²) in [6.07, 6.45) is 3.89. The molecule has 2 aliphatic heterocycles. The molecule has 2 saturated heterocycles. The number of pyridine rings is 2. The topological polar surface area (TPSA) is 86.7 Å². The van der Waals surface area contributed by atoms with Crippen molar-refractivity contribution in [3.05, 3.63) is 85.2 Å². The largest absolute Gasteiger partial charge is 0.367 e. The lowest BCUT2D eigenvalue weighted by Crippen LogP contribution is -2.50. The molecule has 0 N–H and O–H groups in total. The highest BCUT2D eigenvalue weighted by Crippen LogP contribution is 2.29. The van der Waals surface area contributed by atoms with Crippen LogP contribution in [0.1, 0.15) is 6.42 Å². The van der Waals surface area contributed by atoms with Crippen molar-refractivity contribution < 1.29 is 13.2 Å². The van der Waals surface area contributed by atoms with E-state index in [-0.39, 0.29) is 23.3 Å². The highest BCUT2D eigenvalue weighted by molar-refractivity contribution is 7.89. The zero-order valence-corrected chi connectivity index (χ0v) is 21.8. The molecule has 1 atom stereocenters. The van der Waals surface area contributed by atoms with Crippen LogP contribution in [0.5, 0.6) is 0 Å². The minimum Gasteiger partial charge on any atom is -0.367 e. The standard InChI is InChI=1S/C29H29N5O3S/c35-29(33-18-16-32(17-19-33)28-11-14-30-26-9-5-4-8-25(26)28)23-12-15-34(21-23)38(36,37)24-10-13-31-27(20-24)22-6-2-1-3-7-22/h1-11,13-14,20,23H,12,15-19,21H2. The van der Waals surface area contributed by atoms with Gasteiger partial charge in [-0.1, -0.05) is 48.5 Å². The van der Waals surface area contributed by atoms with Crippen molar-refractivity contribution >= 4 is 32.5 Å². The third-order valence-electron chi connectivity index (χ3n) is 7.50. The lowest BCUT2D eigenvalue weighted by atomic mass is 10.1. The number of hydrogen-bond acceptors (Lipinski definition) is 6. The van der Waals surface area contributed by atoms with Gasteiger partial charge in [0.1, 0.15) is 0 Å². The van der Waals surface area contributed by atoms with Crippen LogP contribution in [0.3, 0.4) is 0 Å². The molecule has 0 radical (unpaired) electrons. The molecular weight excluding hydrogens is 498 g/mol. The van der Waals surface area contributed by atoms with E-state index in [0.29, 0.717) is 31.7 Å². The fourth-order valence-electron chi connectivity index (χ4n) is 5.42. The van der Waals surface area contributed by atoms with Crippen LogP contribution in [0, 0.1) is 5.92 Å². The predicted molar refractivity (Wildman–Crippen MR) is 147 cm³/mol. The summed E-state index contributed by atoms with van der Waals surface area (Å²) in [5, 5.41) is 1.11. The third kappa shape index (κ3) is 4.63. The summed E-state index contributed by atoms with van der Waals surface area (Å²) >= 11 is 0. The minimum atomic E-state index is -3.72. The molecule has 2 aliphatic rings. The molecule has 0 aliphatic carbocycles. The van der Waals surface area contributed by atoms with Gasteiger partial charge in [-0.15, -0.1) is 0 Å². The summed E-state index contributed by atoms with van der Waals surface area (Å²) in [7, 11) is -3.72. The number of fused-ring (bicyclic) bond motifs is 1. The zero-order chi connectivity index (χ0) is 26.1. The highest BCUT2D eigenvalue weighted by atomic mass is 32.2. The van der Waals surface area contributed by atoms with Crippen LogP contribution in [-0.2, 0) is 14.8 Å². The quantitative estimate of drug-likeness (QED) is 0.394. The van der Waals surface area contributed by atoms with Gasteiger partial charge in [0.15, 0.2) is 0 Å². The number of para-hydroxylation sites is 1. The van der Waals surface area contributed by atoms with Crippen molar-refractivity contribution in [3.63, 3.8) is 0 Å². The molecule has 1 amide bonds. The van der Waals surface area contributed by atoms with E-state index in [2.05, 4.69) is 20.9 Å². The van der Waals surface area contributed by atoms with E-state index in [1.165, 1.54) is 16.6 Å². The molecule has 38 heavy (non-hydrogen) atoms. The summed E-state index contributed by atoms with van der Waals surface area (Å²) in [6.45, 7) is 3.23. The summed E-state index contributed by atoms with van der Waals surface area (Å²) in [5.41, 5.74) is 3.56. The van der Waals surface area contributed by atoms with Crippen molar-refractivity contribution in [2.45, 2.75) is 11.3 Å². The van der Waals surface area contributed by atoms with Crippen molar-refractivity contribution in [3.8, 4) is 11.3 Å². The van der Waals surface area contributed by atoms with Gasteiger partial charge >= 0.3 is 0 Å². The van der Waals surface area contributed by atoms with Crippen LogP contribution >= 0.6 is 0 Å². The summed E-state index contributed by atoms with van der Waals surface area (Å²) in [5.74, 6) is -0.282. The fourth-order valence-corrected chi connectivity index (χ4v) is 6.93. The number of benzene rings is 2. The smallest absolute Gasteiger partial charge is 0.243 e. The number of amides is 1. The van der Waals surface area contributed by atoms with Crippen LogP contribution in [-0.4, -0.2) is 72.8 Å². The molecular formula is C29H29N5O3S. The van der Waals surface area contributed by atoms with Gasteiger partial charge in [-0.05, 0) is 30.7 Å². The van der Waals surface area contributed by atoms with E-state index in [1.807, 2.05) is 65.7 Å². The maximum Gasteiger partial charge on any atom is 0.243 e. The van der Waals surface area contributed by atoms with Gasteiger partial charge in [-0.25, -0.2) is 8.42 Å². The first-order chi connectivity index (χ1) is 18.5. The van der Waals surface area contributed by atoms with Crippen molar-refractivity contribution in [1.82, 2.24) is 19.2 Å². The molecule has 6 rings (SSSR count). The molecule has 4 aromatic rings. The van der Waals surface area contributed by atoms with E-state index in [9.17, 15) is 13.2 Å². The van der Waals surface area contributed by atoms with Gasteiger partial charge in [0, 0.05) is 68.3 Å². The monoisotopic (exact) mass is 527 g/mol. The molecule has 4 heterocycles. The fraction of sp³-hybridized carbons (Fsp3) is 0.276. The maximum atomic E-state index is 13.4. The Morgan fingerprint density at radius 2 is 1.55 bits per heavy atom. The second kappa shape index (κ2) is 10.2. The molecule has 2 fully saturated rings. The number of rotatable bonds is 5. The molecule has 1 unspecified atom stereocenters. The van der Waals surface area contributed by atoms with E-state index in [0.717, 1.165) is 35.2 Å². The Labute approximate surface area is 222 Å². The van der Waals surface area contributed by atoms with Crippen LogP contribution in [0.2, 0.25) is 0 Å². The van der Waals surface area contributed by atoms with Gasteiger partial charge in [0.25, 0.3) is 0 Å². The van der Waals surface area contributed by atoms with Crippen molar-refractivity contribution in [2.24, 2.45) is 5.92 Å². The molecule has 194 valence electrons. The lowest BCUT2D eigenvalue weighted by Gasteiger charge is -2.37. The molecule has 0 bridgehead atoms. The number of hydrogen-bond donors (Lipinski definition) is 0. The number of nitrogens with zero attached hydrogens (tertiary/aromatic N) is 5. The Balaban J connectivity index is 1.11. The summed E-state index contributed by atoms with van der Waals surface area (Å²) in [6, 6.07) is 22.8. The first-order valence-corrected chi connectivity index (χ1v) is 14.3. The van der Waals surface area contributed by atoms with Crippen LogP contribution < -0.4 is 4.90 Å². The second-order valence-electron chi connectivity index (χ2n) is 9.75. The third-order valence-corrected chi connectivity index (χ3v) is 9.36. The van der Waals surface area contributed by atoms with E-state index in [4.69, 9.17) is 0 Å². The Morgan fingerprint density at radius 3 is 2.37 bits per heavy atom. The average Bonchev–Trinajstić information content (AvgIpc) is 3.49. The number of sulfonamides is 1. The first-order valence-electron chi connectivity index (χ1n) is 12.9. The van der Waals surface area contributed by atoms with Crippen LogP contribution in [0.4, 0.5) is 5.69 Å². The molecule has 9 heteroatoms. The average molecular weight is 528 g/mol. The van der Waals surface area contributed by atoms with Crippen LogP contribution in [0.15, 0.2) is 90.1 Å². The molecule has 2 aromatic carbocycles. The normalized spacial score (nSPS) is 18.7. The molecule has 0 spiro atoms. The van der Waals surface area contributed by atoms with Crippen molar-refractivity contribution in [2.75, 3.05) is 44.2 Å². The van der Waals surface area contributed by atoms with E-state index in [1.54, 1.807) is 6.07 Å². The Bertz CT molecular complexity index is 1560. The Morgan fingerprint density at radius 1 is 0.816 bits per heavy atom. The minimum absolute atomic E-state index is 0.0432. The molecule has 8 nitrogen and oxygen atoms in total. The van der Waals surface area contributed by atoms with Gasteiger partial charge < -0.3 is 9.80 Å². The molecule has 0 saturated carbocycles. The number of carbonyl (C=O) groups is 1. The number of anilines is 1. The maximum absolute atomic E-state index is 13.4. The lowest BCUT2D eigenvalue weighted by molar-refractivity contribution is -0.135. The van der Waals surface area contributed by atoms with Crippen LogP contribution in [0.25, 0.3) is 22.2 Å². The summed E-state index contributed by atoms with van der Waals surface area (Å²) < 4.78 is 28.3. The summed E-state index contributed by atoms with van der Waals surface area (Å²) in [4.78, 5) is 26.6. The highest BCUT2D eigenvalue weighted by Gasteiger charge is 2.38. The first kappa shape index (κ1) is 24.5. The van der Waals surface area contributed by atoms with Gasteiger partial charge in [-0.3, -0.25) is 14.8 Å². The predicted octanol–water partition coefficient (Wildman–Crippen LogP) is 3.66. The Kier molecular flexibility index (Phi) is 6.55. The van der Waals surface area contributed by atoms with Gasteiger partial charge in [-0.2, -0.15) is 4.31 Å². The Hall–Kier alpha value is -3.82. The molecule has 2 aromatic heterocycles. The van der Waals surface area contributed by atoms with Gasteiger partial charge in [0.05, 0.1) is 22.0 Å². The van der Waals surface area contributed by atoms with E-state index < -0.39 is 10.0 Å². The number of piperazine rings is 1. The second-order valence-corrected chi connectivity index (χ2v) is 11.7. The SMILES string of the molecule is O=C(C1CCN(S(=O)(=O)c2ccnc(-c3ccccc3)c2)C1)N1CCN(c2ccnc3ccccc23)CC1. The number of aromatic nitrogens is 2. The van der Waals surface area contributed by atoms with Gasteiger partial charge in [0.2, 0.25) is 15.9 Å².